The van der Waals surface area contributed by atoms with E-state index < -0.39 is 34.6 Å². The molecule has 0 radical (unpaired) electrons. The fourth-order valence-electron chi connectivity index (χ4n) is 2.45. The number of imide groups is 1. The first-order chi connectivity index (χ1) is 14.6. The van der Waals surface area contributed by atoms with E-state index in [0.717, 1.165) is 15.9 Å². The highest BCUT2D eigenvalue weighted by molar-refractivity contribution is 7.89. The summed E-state index contributed by atoms with van der Waals surface area (Å²) in [6, 6.07) is 12.6. The number of hydrogen-bond acceptors (Lipinski definition) is 7. The van der Waals surface area contributed by atoms with Crippen molar-refractivity contribution in [2.45, 2.75) is 18.4 Å². The number of nitrogens with one attached hydrogen (secondary N) is 1. The van der Waals surface area contributed by atoms with Gasteiger partial charge in [-0.25, -0.2) is 18.0 Å². The molecule has 11 heteroatoms. The summed E-state index contributed by atoms with van der Waals surface area (Å²) in [5.74, 6) is -1.93. The van der Waals surface area contributed by atoms with Gasteiger partial charge in [-0.2, -0.15) is 4.31 Å². The average Bonchev–Trinajstić information content (AvgIpc) is 2.73. The maximum atomic E-state index is 12.9. The summed E-state index contributed by atoms with van der Waals surface area (Å²) in [4.78, 5) is 34.9. The van der Waals surface area contributed by atoms with Crippen molar-refractivity contribution < 1.29 is 32.3 Å². The molecule has 0 saturated carbocycles. The van der Waals surface area contributed by atoms with E-state index in [0.29, 0.717) is 0 Å². The van der Waals surface area contributed by atoms with Crippen LogP contribution in [0.1, 0.15) is 22.8 Å². The van der Waals surface area contributed by atoms with Crippen molar-refractivity contribution in [2.24, 2.45) is 0 Å². The van der Waals surface area contributed by atoms with E-state index >= 15 is 0 Å². The predicted molar refractivity (Wildman–Crippen MR) is 112 cm³/mol. The molecule has 2 aromatic rings. The Hall–Kier alpha value is -2.95. The highest BCUT2D eigenvalue weighted by Gasteiger charge is 2.24. The van der Waals surface area contributed by atoms with Gasteiger partial charge in [0.25, 0.3) is 5.91 Å². The Balaban J connectivity index is 2.12. The van der Waals surface area contributed by atoms with Crippen LogP contribution in [0.3, 0.4) is 0 Å². The van der Waals surface area contributed by atoms with E-state index in [1.807, 2.05) is 11.4 Å². The molecule has 9 nitrogen and oxygen atoms in total. The molecular formula is C20H21ClN2O7S. The van der Waals surface area contributed by atoms with Gasteiger partial charge < -0.3 is 9.47 Å². The molecule has 2 rings (SSSR count). The summed E-state index contributed by atoms with van der Waals surface area (Å²) in [5.41, 5.74) is 0.551. The molecule has 166 valence electrons. The first kappa shape index (κ1) is 24.3. The van der Waals surface area contributed by atoms with Gasteiger partial charge in [0.1, 0.15) is 0 Å². The monoisotopic (exact) mass is 468 g/mol. The summed E-state index contributed by atoms with van der Waals surface area (Å²) in [7, 11) is -2.53. The van der Waals surface area contributed by atoms with Gasteiger partial charge >= 0.3 is 12.1 Å². The van der Waals surface area contributed by atoms with Crippen molar-refractivity contribution in [3.63, 3.8) is 0 Å². The molecule has 0 fully saturated rings. The summed E-state index contributed by atoms with van der Waals surface area (Å²) >= 11 is 6.01. The summed E-state index contributed by atoms with van der Waals surface area (Å²) < 4.78 is 36.3. The van der Waals surface area contributed by atoms with Crippen molar-refractivity contribution in [1.29, 1.82) is 0 Å². The normalized spacial score (nSPS) is 11.1. The Bertz CT molecular complexity index is 1060. The zero-order valence-corrected chi connectivity index (χ0v) is 18.4. The number of ether oxygens (including phenoxy) is 2. The minimum Gasteiger partial charge on any atom is -0.452 e. The molecule has 0 aliphatic carbocycles. The fraction of sp³-hybridized carbons (Fsp3) is 0.250. The van der Waals surface area contributed by atoms with E-state index in [2.05, 4.69) is 4.74 Å². The van der Waals surface area contributed by atoms with Crippen molar-refractivity contribution >= 4 is 39.6 Å². The Labute approximate surface area is 184 Å². The van der Waals surface area contributed by atoms with Crippen LogP contribution in [-0.2, 0) is 30.8 Å². The van der Waals surface area contributed by atoms with Crippen molar-refractivity contribution in [3.05, 3.63) is 64.7 Å². The van der Waals surface area contributed by atoms with Gasteiger partial charge in [-0.05, 0) is 30.7 Å². The molecule has 0 aromatic heterocycles. The number of nitrogens with zero attached hydrogens (tertiary/aromatic N) is 1. The Morgan fingerprint density at radius 1 is 1.06 bits per heavy atom. The standard InChI is InChI=1S/C20H21ClN2O7S/c1-3-29-20(26)22-18(24)13-30-19(25)16-11-15(9-10-17(16)21)31(27,28)23(2)12-14-7-5-4-6-8-14/h4-11H,3,12-13H2,1-2H3,(H,22,24,26). The van der Waals surface area contributed by atoms with Gasteiger partial charge in [-0.3, -0.25) is 10.1 Å². The molecule has 0 unspecified atom stereocenters. The highest BCUT2D eigenvalue weighted by atomic mass is 35.5. The molecule has 1 N–H and O–H groups in total. The van der Waals surface area contributed by atoms with E-state index in [-0.39, 0.29) is 28.6 Å². The smallest absolute Gasteiger partial charge is 0.413 e. The number of amides is 2. The molecule has 0 atom stereocenters. The molecule has 0 spiro atoms. The maximum absolute atomic E-state index is 12.9. The number of carbonyl (C=O) groups is 3. The largest absolute Gasteiger partial charge is 0.452 e. The number of esters is 1. The number of alkyl carbamates (subject to hydrolysis) is 1. The zero-order valence-electron chi connectivity index (χ0n) is 16.8. The number of rotatable bonds is 8. The van der Waals surface area contributed by atoms with Crippen LogP contribution in [0.2, 0.25) is 5.02 Å². The third kappa shape index (κ3) is 6.78. The van der Waals surface area contributed by atoms with Gasteiger partial charge in [0.15, 0.2) is 6.61 Å². The lowest BCUT2D eigenvalue weighted by molar-refractivity contribution is -0.123. The quantitative estimate of drug-likeness (QED) is 0.591. The van der Waals surface area contributed by atoms with Crippen molar-refractivity contribution in [2.75, 3.05) is 20.3 Å². The van der Waals surface area contributed by atoms with Crippen LogP contribution in [0.5, 0.6) is 0 Å². The van der Waals surface area contributed by atoms with Gasteiger partial charge in [0.05, 0.1) is 22.1 Å². The Morgan fingerprint density at radius 2 is 1.74 bits per heavy atom. The number of hydrogen-bond donors (Lipinski definition) is 1. The third-order valence-corrected chi connectivity index (χ3v) is 6.09. The molecule has 2 aromatic carbocycles. The highest BCUT2D eigenvalue weighted by Crippen LogP contribution is 2.24. The van der Waals surface area contributed by atoms with Gasteiger partial charge in [0, 0.05) is 13.6 Å². The second kappa shape index (κ2) is 10.9. The first-order valence-corrected chi connectivity index (χ1v) is 10.9. The number of benzene rings is 2. The Kier molecular flexibility index (Phi) is 8.55. The predicted octanol–water partition coefficient (Wildman–Crippen LogP) is 2.59. The minimum atomic E-state index is -3.94. The van der Waals surface area contributed by atoms with Crippen LogP contribution in [0.25, 0.3) is 0 Å². The lowest BCUT2D eigenvalue weighted by atomic mass is 10.2. The lowest BCUT2D eigenvalue weighted by Crippen LogP contribution is -2.34. The average molecular weight is 469 g/mol. The zero-order chi connectivity index (χ0) is 23.0. The van der Waals surface area contributed by atoms with E-state index in [4.69, 9.17) is 16.3 Å². The van der Waals surface area contributed by atoms with E-state index in [9.17, 15) is 22.8 Å². The molecule has 0 aliphatic heterocycles. The minimum absolute atomic E-state index is 0.0551. The van der Waals surface area contributed by atoms with Gasteiger partial charge in [-0.15, -0.1) is 0 Å². The van der Waals surface area contributed by atoms with Crippen LogP contribution in [0.4, 0.5) is 4.79 Å². The number of carbonyl (C=O) groups excluding carboxylic acids is 3. The van der Waals surface area contributed by atoms with Crippen molar-refractivity contribution in [1.82, 2.24) is 9.62 Å². The SMILES string of the molecule is CCOC(=O)NC(=O)COC(=O)c1cc(S(=O)(=O)N(C)Cc2ccccc2)ccc1Cl. The third-order valence-electron chi connectivity index (χ3n) is 3.97. The Morgan fingerprint density at radius 3 is 2.39 bits per heavy atom. The summed E-state index contributed by atoms with van der Waals surface area (Å²) in [5, 5.41) is 1.81. The summed E-state index contributed by atoms with van der Waals surface area (Å²) in [6.45, 7) is 0.970. The number of halogens is 1. The lowest BCUT2D eigenvalue weighted by Gasteiger charge is -2.18. The van der Waals surface area contributed by atoms with Crippen LogP contribution in [0, 0.1) is 0 Å². The molecule has 0 saturated heterocycles. The second-order valence-corrected chi connectivity index (χ2v) is 8.69. The summed E-state index contributed by atoms with van der Waals surface area (Å²) in [6.07, 6.45) is -0.976. The molecule has 0 bridgehead atoms. The first-order valence-electron chi connectivity index (χ1n) is 9.08. The maximum Gasteiger partial charge on any atom is 0.413 e. The van der Waals surface area contributed by atoms with Crippen LogP contribution in [0.15, 0.2) is 53.4 Å². The fourth-order valence-corrected chi connectivity index (χ4v) is 3.83. The van der Waals surface area contributed by atoms with Crippen LogP contribution in [-0.4, -0.2) is 51.0 Å². The van der Waals surface area contributed by atoms with E-state index in [1.54, 1.807) is 31.2 Å². The molecule has 31 heavy (non-hydrogen) atoms. The van der Waals surface area contributed by atoms with Crippen molar-refractivity contribution in [3.8, 4) is 0 Å². The number of sulfonamides is 1. The topological polar surface area (TPSA) is 119 Å². The molecular weight excluding hydrogens is 448 g/mol. The van der Waals surface area contributed by atoms with Gasteiger partial charge in [-0.1, -0.05) is 41.9 Å². The van der Waals surface area contributed by atoms with E-state index in [1.165, 1.54) is 19.2 Å². The molecule has 2 amide bonds. The van der Waals surface area contributed by atoms with Crippen LogP contribution < -0.4 is 5.32 Å². The van der Waals surface area contributed by atoms with Gasteiger partial charge in [0.2, 0.25) is 10.0 Å². The molecule has 0 aliphatic rings. The second-order valence-electron chi connectivity index (χ2n) is 6.23. The molecule has 0 heterocycles. The van der Waals surface area contributed by atoms with Crippen LogP contribution >= 0.6 is 11.6 Å².